The van der Waals surface area contributed by atoms with Crippen LogP contribution in [0.25, 0.3) is 33.4 Å². The molecule has 0 saturated carbocycles. The van der Waals surface area contributed by atoms with E-state index in [2.05, 4.69) is 95.2 Å². The van der Waals surface area contributed by atoms with Crippen molar-refractivity contribution in [1.29, 1.82) is 0 Å². The fourth-order valence-corrected chi connectivity index (χ4v) is 4.35. The van der Waals surface area contributed by atoms with Crippen molar-refractivity contribution in [2.45, 2.75) is 19.4 Å². The van der Waals surface area contributed by atoms with Crippen LogP contribution in [0.5, 0.6) is 0 Å². The molecule has 5 rings (SSSR count). The third-order valence-electron chi connectivity index (χ3n) is 5.96. The molecule has 5 aromatic rings. The number of hydrogen-bond acceptors (Lipinski definition) is 3. The normalized spacial score (nSPS) is 10.9. The highest BCUT2D eigenvalue weighted by atomic mass is 16.4. The molecule has 4 aromatic carbocycles. The molecule has 0 aliphatic carbocycles. The molecule has 0 saturated heterocycles. The molecule has 0 fully saturated rings. The molecule has 0 radical (unpaired) electrons. The van der Waals surface area contributed by atoms with E-state index in [1.807, 2.05) is 24.4 Å². The number of hydrogen-bond donors (Lipinski definition) is 1. The lowest BCUT2D eigenvalue weighted by molar-refractivity contribution is -0.136. The quantitative estimate of drug-likeness (QED) is 0.294. The van der Waals surface area contributed by atoms with Crippen molar-refractivity contribution in [3.63, 3.8) is 0 Å². The molecule has 35 heavy (non-hydrogen) atoms. The van der Waals surface area contributed by atoms with Crippen molar-refractivity contribution >= 4 is 5.97 Å². The van der Waals surface area contributed by atoms with E-state index in [0.717, 1.165) is 33.4 Å². The van der Waals surface area contributed by atoms with Gasteiger partial charge in [0.2, 0.25) is 0 Å². The Bertz CT molecular complexity index is 1370. The van der Waals surface area contributed by atoms with E-state index < -0.39 is 5.97 Å². The van der Waals surface area contributed by atoms with E-state index in [9.17, 15) is 4.79 Å². The number of benzene rings is 4. The SMILES string of the molecule is O=C(O)CCc1cn(Cc2cc(-c3ccccc3)c(-c3ccccc3)c(-c3ccccc3)c2)nn1. The van der Waals surface area contributed by atoms with Crippen LogP contribution in [0.2, 0.25) is 0 Å². The average molecular weight is 460 g/mol. The Balaban J connectivity index is 1.65. The molecule has 0 unspecified atom stereocenters. The second-order valence-electron chi connectivity index (χ2n) is 8.47. The van der Waals surface area contributed by atoms with Crippen molar-refractivity contribution in [3.8, 4) is 33.4 Å². The van der Waals surface area contributed by atoms with Gasteiger partial charge in [-0.2, -0.15) is 0 Å². The Morgan fingerprint density at radius 3 is 1.77 bits per heavy atom. The highest BCUT2D eigenvalue weighted by Crippen LogP contribution is 2.41. The zero-order valence-electron chi connectivity index (χ0n) is 19.2. The molecule has 172 valence electrons. The number of carbonyl (C=O) groups is 1. The first-order valence-electron chi connectivity index (χ1n) is 11.6. The zero-order valence-corrected chi connectivity index (χ0v) is 19.2. The number of carboxylic acid groups (broad SMARTS) is 1. The van der Waals surface area contributed by atoms with Crippen LogP contribution in [-0.4, -0.2) is 26.1 Å². The van der Waals surface area contributed by atoms with Crippen molar-refractivity contribution in [2.75, 3.05) is 0 Å². The van der Waals surface area contributed by atoms with Gasteiger partial charge < -0.3 is 5.11 Å². The summed E-state index contributed by atoms with van der Waals surface area (Å²) in [7, 11) is 0. The monoisotopic (exact) mass is 459 g/mol. The van der Waals surface area contributed by atoms with Gasteiger partial charge in [-0.3, -0.25) is 4.79 Å². The Kier molecular flexibility index (Phi) is 6.48. The van der Waals surface area contributed by atoms with Crippen LogP contribution in [0.4, 0.5) is 0 Å². The third-order valence-corrected chi connectivity index (χ3v) is 5.96. The lowest BCUT2D eigenvalue weighted by atomic mass is 9.86. The first kappa shape index (κ1) is 22.3. The van der Waals surface area contributed by atoms with Crippen molar-refractivity contribution in [3.05, 3.63) is 121 Å². The standard InChI is InChI=1S/C30H25N3O2/c34-29(35)17-16-26-21-33(32-31-26)20-22-18-27(23-10-4-1-5-11-23)30(25-14-8-3-9-15-25)28(19-22)24-12-6-2-7-13-24/h1-15,18-19,21H,16-17,20H2,(H,34,35). The summed E-state index contributed by atoms with van der Waals surface area (Å²) in [5, 5.41) is 17.4. The van der Waals surface area contributed by atoms with Crippen molar-refractivity contribution in [1.82, 2.24) is 15.0 Å². The third kappa shape index (κ3) is 5.20. The Labute approximate surface area is 204 Å². The van der Waals surface area contributed by atoms with E-state index in [-0.39, 0.29) is 6.42 Å². The van der Waals surface area contributed by atoms with Crippen molar-refractivity contribution < 1.29 is 9.90 Å². The van der Waals surface area contributed by atoms with Gasteiger partial charge in [0.25, 0.3) is 0 Å². The molecule has 1 aromatic heterocycles. The van der Waals surface area contributed by atoms with Gasteiger partial charge in [-0.1, -0.05) is 96.2 Å². The fourth-order valence-electron chi connectivity index (χ4n) is 4.35. The molecule has 0 aliphatic rings. The molecule has 0 amide bonds. The summed E-state index contributed by atoms with van der Waals surface area (Å²) in [5.41, 5.74) is 8.72. The molecule has 5 heteroatoms. The lowest BCUT2D eigenvalue weighted by Gasteiger charge is -2.19. The molecule has 0 atom stereocenters. The van der Waals surface area contributed by atoms with Gasteiger partial charge in [-0.05, 0) is 51.1 Å². The van der Waals surface area contributed by atoms with Gasteiger partial charge >= 0.3 is 5.97 Å². The van der Waals surface area contributed by atoms with E-state index in [1.165, 1.54) is 5.56 Å². The van der Waals surface area contributed by atoms with Crippen LogP contribution in [0.3, 0.4) is 0 Å². The van der Waals surface area contributed by atoms with Crippen molar-refractivity contribution in [2.24, 2.45) is 0 Å². The highest BCUT2D eigenvalue weighted by Gasteiger charge is 2.16. The molecular formula is C30H25N3O2. The molecule has 0 aliphatic heterocycles. The average Bonchev–Trinajstić information content (AvgIpc) is 3.36. The Morgan fingerprint density at radius 2 is 1.26 bits per heavy atom. The summed E-state index contributed by atoms with van der Waals surface area (Å²) in [6.45, 7) is 0.537. The summed E-state index contributed by atoms with van der Waals surface area (Å²) < 4.78 is 1.78. The minimum atomic E-state index is -0.837. The van der Waals surface area contributed by atoms with E-state index in [0.29, 0.717) is 18.7 Å². The number of nitrogens with zero attached hydrogens (tertiary/aromatic N) is 3. The number of aromatic nitrogens is 3. The fraction of sp³-hybridized carbons (Fsp3) is 0.100. The summed E-state index contributed by atoms with van der Waals surface area (Å²) in [5.74, 6) is -0.837. The lowest BCUT2D eigenvalue weighted by Crippen LogP contribution is -2.02. The maximum absolute atomic E-state index is 10.9. The van der Waals surface area contributed by atoms with Gasteiger partial charge in [0, 0.05) is 12.6 Å². The first-order valence-corrected chi connectivity index (χ1v) is 11.6. The predicted octanol–water partition coefficient (Wildman–Crippen LogP) is 6.34. The molecule has 1 N–H and O–H groups in total. The number of rotatable bonds is 8. The summed E-state index contributed by atoms with van der Waals surface area (Å²) in [4.78, 5) is 10.9. The van der Waals surface area contributed by atoms with Gasteiger partial charge in [0.1, 0.15) is 0 Å². The molecule has 0 spiro atoms. The maximum atomic E-state index is 10.9. The van der Waals surface area contributed by atoms with Crippen LogP contribution in [-0.2, 0) is 17.8 Å². The van der Waals surface area contributed by atoms with Crippen LogP contribution in [0, 0.1) is 0 Å². The highest BCUT2D eigenvalue weighted by molar-refractivity contribution is 5.95. The van der Waals surface area contributed by atoms with Gasteiger partial charge in [0.15, 0.2) is 0 Å². The van der Waals surface area contributed by atoms with Crippen LogP contribution in [0.1, 0.15) is 17.7 Å². The summed E-state index contributed by atoms with van der Waals surface area (Å²) in [6.07, 6.45) is 2.24. The van der Waals surface area contributed by atoms with E-state index in [4.69, 9.17) is 5.11 Å². The molecule has 5 nitrogen and oxygen atoms in total. The molecule has 1 heterocycles. The minimum Gasteiger partial charge on any atom is -0.481 e. The van der Waals surface area contributed by atoms with E-state index in [1.54, 1.807) is 4.68 Å². The van der Waals surface area contributed by atoms with Crippen LogP contribution < -0.4 is 0 Å². The number of carboxylic acids is 1. The van der Waals surface area contributed by atoms with E-state index >= 15 is 0 Å². The second kappa shape index (κ2) is 10.2. The zero-order chi connectivity index (χ0) is 24.0. The smallest absolute Gasteiger partial charge is 0.303 e. The summed E-state index contributed by atoms with van der Waals surface area (Å²) in [6, 6.07) is 35.8. The predicted molar refractivity (Wildman–Crippen MR) is 138 cm³/mol. The largest absolute Gasteiger partial charge is 0.481 e. The minimum absolute atomic E-state index is 0.0424. The van der Waals surface area contributed by atoms with Crippen LogP contribution in [0.15, 0.2) is 109 Å². The second-order valence-corrected chi connectivity index (χ2v) is 8.47. The summed E-state index contributed by atoms with van der Waals surface area (Å²) >= 11 is 0. The molecule has 0 bridgehead atoms. The number of aryl methyl sites for hydroxylation is 1. The number of aliphatic carboxylic acids is 1. The van der Waals surface area contributed by atoms with Crippen LogP contribution >= 0.6 is 0 Å². The first-order chi connectivity index (χ1) is 17.2. The maximum Gasteiger partial charge on any atom is 0.303 e. The van der Waals surface area contributed by atoms with Gasteiger partial charge in [-0.15, -0.1) is 5.10 Å². The van der Waals surface area contributed by atoms with Gasteiger partial charge in [0.05, 0.1) is 18.7 Å². The Hall–Kier alpha value is -4.51. The Morgan fingerprint density at radius 1 is 0.743 bits per heavy atom. The topological polar surface area (TPSA) is 68.0 Å². The molecular weight excluding hydrogens is 434 g/mol. The van der Waals surface area contributed by atoms with Gasteiger partial charge in [-0.25, -0.2) is 4.68 Å².